The summed E-state index contributed by atoms with van der Waals surface area (Å²) in [5.41, 5.74) is 1.17. The van der Waals surface area contributed by atoms with Crippen LogP contribution in [0.4, 0.5) is 0 Å². The number of aryl methyl sites for hydroxylation is 1. The van der Waals surface area contributed by atoms with Crippen molar-refractivity contribution in [2.24, 2.45) is 16.8 Å². The highest BCUT2D eigenvalue weighted by Crippen LogP contribution is 2.28. The van der Waals surface area contributed by atoms with Gasteiger partial charge in [0.25, 0.3) is 0 Å². The van der Waals surface area contributed by atoms with Gasteiger partial charge >= 0.3 is 0 Å². The van der Waals surface area contributed by atoms with E-state index in [0.29, 0.717) is 0 Å². The number of rotatable bonds is 5. The number of nitrogens with zero attached hydrogens (tertiary/aromatic N) is 2. The topological polar surface area (TPSA) is 49.3 Å². The van der Waals surface area contributed by atoms with Gasteiger partial charge in [-0.2, -0.15) is 0 Å². The molecule has 1 aliphatic carbocycles. The Hall–Kier alpha value is -0.370. The predicted octanol–water partition coefficient (Wildman–Crippen LogP) is 3.60. The molecule has 2 atom stereocenters. The Labute approximate surface area is 155 Å². The van der Waals surface area contributed by atoms with E-state index in [2.05, 4.69) is 32.9 Å². The Morgan fingerprint density at radius 3 is 2.77 bits per heavy atom. The lowest BCUT2D eigenvalue weighted by molar-refractivity contribution is 0.256. The molecule has 1 aromatic heterocycles. The number of hydrogen-bond acceptors (Lipinski definition) is 3. The van der Waals surface area contributed by atoms with E-state index in [1.165, 1.54) is 31.4 Å². The average Bonchev–Trinajstić information content (AvgIpc) is 2.90. The SMILES string of the molecule is CN=C(NCCc1csc(C)n1)NCC1CCCCC1C.I. The van der Waals surface area contributed by atoms with Crippen LogP contribution in [-0.4, -0.2) is 31.1 Å². The van der Waals surface area contributed by atoms with E-state index in [9.17, 15) is 0 Å². The van der Waals surface area contributed by atoms with Gasteiger partial charge in [0.15, 0.2) is 5.96 Å². The lowest BCUT2D eigenvalue weighted by Gasteiger charge is -2.29. The largest absolute Gasteiger partial charge is 0.356 e. The molecular weight excluding hydrogens is 407 g/mol. The van der Waals surface area contributed by atoms with Gasteiger partial charge in [0, 0.05) is 31.9 Å². The van der Waals surface area contributed by atoms with Crippen LogP contribution in [0, 0.1) is 18.8 Å². The molecular formula is C16H29IN4S. The maximum Gasteiger partial charge on any atom is 0.190 e. The molecule has 1 saturated carbocycles. The van der Waals surface area contributed by atoms with Gasteiger partial charge in [-0.1, -0.05) is 26.2 Å². The highest BCUT2D eigenvalue weighted by molar-refractivity contribution is 14.0. The van der Waals surface area contributed by atoms with Crippen LogP contribution in [0.3, 0.4) is 0 Å². The molecule has 2 N–H and O–H groups in total. The zero-order valence-corrected chi connectivity index (χ0v) is 17.0. The average molecular weight is 436 g/mol. The second kappa shape index (κ2) is 10.4. The second-order valence-electron chi connectivity index (χ2n) is 6.01. The molecule has 6 heteroatoms. The molecule has 4 nitrogen and oxygen atoms in total. The third-order valence-electron chi connectivity index (χ3n) is 4.38. The predicted molar refractivity (Wildman–Crippen MR) is 106 cm³/mol. The monoisotopic (exact) mass is 436 g/mol. The van der Waals surface area contributed by atoms with Crippen molar-refractivity contribution in [3.05, 3.63) is 16.1 Å². The fourth-order valence-electron chi connectivity index (χ4n) is 2.98. The summed E-state index contributed by atoms with van der Waals surface area (Å²) < 4.78 is 0. The van der Waals surface area contributed by atoms with Crippen LogP contribution >= 0.6 is 35.3 Å². The van der Waals surface area contributed by atoms with Gasteiger partial charge in [-0.25, -0.2) is 4.98 Å². The van der Waals surface area contributed by atoms with Gasteiger partial charge in [-0.15, -0.1) is 35.3 Å². The summed E-state index contributed by atoms with van der Waals surface area (Å²) in [5, 5.41) is 10.1. The number of hydrogen-bond donors (Lipinski definition) is 2. The summed E-state index contributed by atoms with van der Waals surface area (Å²) in [7, 11) is 1.84. The van der Waals surface area contributed by atoms with E-state index in [0.717, 1.165) is 42.3 Å². The first kappa shape index (κ1) is 19.7. The molecule has 1 aromatic rings. The molecule has 1 fully saturated rings. The van der Waals surface area contributed by atoms with E-state index in [4.69, 9.17) is 0 Å². The van der Waals surface area contributed by atoms with Gasteiger partial charge in [-0.3, -0.25) is 4.99 Å². The van der Waals surface area contributed by atoms with Crippen LogP contribution in [-0.2, 0) is 6.42 Å². The number of nitrogens with one attached hydrogen (secondary N) is 2. The van der Waals surface area contributed by atoms with Crippen molar-refractivity contribution in [1.82, 2.24) is 15.6 Å². The zero-order chi connectivity index (χ0) is 15.1. The first-order valence-electron chi connectivity index (χ1n) is 8.04. The van der Waals surface area contributed by atoms with Crippen molar-refractivity contribution in [2.75, 3.05) is 20.1 Å². The Kier molecular flexibility index (Phi) is 9.31. The fourth-order valence-corrected chi connectivity index (χ4v) is 3.62. The first-order chi connectivity index (χ1) is 10.2. The van der Waals surface area contributed by atoms with E-state index in [-0.39, 0.29) is 24.0 Å². The van der Waals surface area contributed by atoms with E-state index >= 15 is 0 Å². The molecule has 0 aromatic carbocycles. The van der Waals surface area contributed by atoms with Crippen LogP contribution < -0.4 is 10.6 Å². The van der Waals surface area contributed by atoms with Gasteiger partial charge in [0.1, 0.15) is 0 Å². The molecule has 0 saturated heterocycles. The van der Waals surface area contributed by atoms with E-state index in [1.807, 2.05) is 14.0 Å². The molecule has 0 bridgehead atoms. The van der Waals surface area contributed by atoms with Crippen LogP contribution in [0.2, 0.25) is 0 Å². The van der Waals surface area contributed by atoms with Crippen molar-refractivity contribution in [3.63, 3.8) is 0 Å². The smallest absolute Gasteiger partial charge is 0.190 e. The Balaban J connectivity index is 0.00000242. The molecule has 1 heterocycles. The van der Waals surface area contributed by atoms with Crippen molar-refractivity contribution < 1.29 is 0 Å². The second-order valence-corrected chi connectivity index (χ2v) is 7.07. The van der Waals surface area contributed by atoms with E-state index < -0.39 is 0 Å². The molecule has 22 heavy (non-hydrogen) atoms. The minimum absolute atomic E-state index is 0. The van der Waals surface area contributed by atoms with Gasteiger partial charge < -0.3 is 10.6 Å². The first-order valence-corrected chi connectivity index (χ1v) is 8.92. The number of aliphatic imine (C=N–C) groups is 1. The minimum atomic E-state index is 0. The minimum Gasteiger partial charge on any atom is -0.356 e. The molecule has 0 aliphatic heterocycles. The maximum absolute atomic E-state index is 4.48. The number of aromatic nitrogens is 1. The van der Waals surface area contributed by atoms with Crippen LogP contribution in [0.1, 0.15) is 43.3 Å². The molecule has 126 valence electrons. The lowest BCUT2D eigenvalue weighted by Crippen LogP contribution is -2.42. The summed E-state index contributed by atoms with van der Waals surface area (Å²) in [5.74, 6) is 2.54. The summed E-state index contributed by atoms with van der Waals surface area (Å²) in [4.78, 5) is 8.79. The molecule has 2 unspecified atom stereocenters. The van der Waals surface area contributed by atoms with Crippen molar-refractivity contribution in [2.45, 2.75) is 46.0 Å². The fraction of sp³-hybridized carbons (Fsp3) is 0.750. The molecule has 0 amide bonds. The van der Waals surface area contributed by atoms with Gasteiger partial charge in [0.2, 0.25) is 0 Å². The lowest BCUT2D eigenvalue weighted by atomic mass is 9.80. The van der Waals surface area contributed by atoms with E-state index in [1.54, 1.807) is 11.3 Å². The molecule has 1 aliphatic rings. The Bertz CT molecular complexity index is 461. The summed E-state index contributed by atoms with van der Waals surface area (Å²) in [6, 6.07) is 0. The van der Waals surface area contributed by atoms with Crippen molar-refractivity contribution in [3.8, 4) is 0 Å². The van der Waals surface area contributed by atoms with Gasteiger partial charge in [0.05, 0.1) is 10.7 Å². The third kappa shape index (κ3) is 6.40. The van der Waals surface area contributed by atoms with Crippen molar-refractivity contribution in [1.29, 1.82) is 0 Å². The number of thiazole rings is 1. The molecule has 0 spiro atoms. The Morgan fingerprint density at radius 1 is 1.36 bits per heavy atom. The highest BCUT2D eigenvalue weighted by atomic mass is 127. The molecule has 0 radical (unpaired) electrons. The quantitative estimate of drug-likeness (QED) is 0.421. The summed E-state index contributed by atoms with van der Waals surface area (Å²) in [6.45, 7) is 6.35. The normalized spacial score (nSPS) is 22.0. The number of guanidine groups is 1. The third-order valence-corrected chi connectivity index (χ3v) is 5.21. The summed E-state index contributed by atoms with van der Waals surface area (Å²) in [6.07, 6.45) is 6.46. The van der Waals surface area contributed by atoms with Crippen LogP contribution in [0.25, 0.3) is 0 Å². The number of halogens is 1. The van der Waals surface area contributed by atoms with Crippen LogP contribution in [0.15, 0.2) is 10.4 Å². The highest BCUT2D eigenvalue weighted by Gasteiger charge is 2.21. The van der Waals surface area contributed by atoms with Gasteiger partial charge in [-0.05, 0) is 25.2 Å². The zero-order valence-electron chi connectivity index (χ0n) is 13.9. The Morgan fingerprint density at radius 2 is 2.14 bits per heavy atom. The standard InChI is InChI=1S/C16H28N4S.HI/c1-12-6-4-5-7-14(12)10-19-16(17-3)18-9-8-15-11-21-13(2)20-15;/h11-12,14H,4-10H2,1-3H3,(H2,17,18,19);1H. The summed E-state index contributed by atoms with van der Waals surface area (Å²) >= 11 is 1.71. The molecule has 2 rings (SSSR count). The van der Waals surface area contributed by atoms with Crippen LogP contribution in [0.5, 0.6) is 0 Å². The van der Waals surface area contributed by atoms with Crippen molar-refractivity contribution >= 4 is 41.3 Å². The maximum atomic E-state index is 4.48.